The number of furan rings is 1. The van der Waals surface area contributed by atoms with Gasteiger partial charge in [0.2, 0.25) is 5.91 Å². The molecule has 1 aromatic carbocycles. The fourth-order valence-electron chi connectivity index (χ4n) is 2.09. The van der Waals surface area contributed by atoms with Gasteiger partial charge in [0.15, 0.2) is 0 Å². The summed E-state index contributed by atoms with van der Waals surface area (Å²) >= 11 is 0. The van der Waals surface area contributed by atoms with Crippen LogP contribution < -0.4 is 5.32 Å². The van der Waals surface area contributed by atoms with E-state index in [4.69, 9.17) is 9.52 Å². The number of hydrogen-bond acceptors (Lipinski definition) is 3. The normalized spacial score (nSPS) is 12.5. The molecule has 1 heterocycles. The van der Waals surface area contributed by atoms with Crippen molar-refractivity contribution in [3.63, 3.8) is 0 Å². The second-order valence-electron chi connectivity index (χ2n) is 4.59. The minimum Gasteiger partial charge on any atom is -0.464 e. The second-order valence-corrected chi connectivity index (χ2v) is 4.59. The van der Waals surface area contributed by atoms with Gasteiger partial charge < -0.3 is 14.8 Å². The van der Waals surface area contributed by atoms with E-state index in [1.807, 2.05) is 31.2 Å². The maximum atomic E-state index is 11.7. The predicted octanol–water partition coefficient (Wildman–Crippen LogP) is 2.11. The third kappa shape index (κ3) is 3.15. The summed E-state index contributed by atoms with van der Waals surface area (Å²) in [6, 6.07) is 7.85. The average molecular weight is 261 g/mol. The highest BCUT2D eigenvalue weighted by Gasteiger charge is 2.14. The third-order valence-electron chi connectivity index (χ3n) is 3.34. The highest BCUT2D eigenvalue weighted by Crippen LogP contribution is 2.20. The predicted molar refractivity (Wildman–Crippen MR) is 73.8 cm³/mol. The van der Waals surface area contributed by atoms with Crippen LogP contribution in [0, 0.1) is 5.92 Å². The number of aliphatic hydroxyl groups is 1. The van der Waals surface area contributed by atoms with Crippen LogP contribution in [0.4, 0.5) is 0 Å². The first-order valence-electron chi connectivity index (χ1n) is 6.60. The molecule has 0 saturated carbocycles. The molecule has 0 spiro atoms. The fourth-order valence-corrected chi connectivity index (χ4v) is 2.09. The van der Waals surface area contributed by atoms with Crippen LogP contribution in [0.5, 0.6) is 0 Å². The summed E-state index contributed by atoms with van der Waals surface area (Å²) in [7, 11) is 0. The minimum absolute atomic E-state index is 0.0854. The zero-order valence-electron chi connectivity index (χ0n) is 11.1. The van der Waals surface area contributed by atoms with Crippen LogP contribution >= 0.6 is 0 Å². The standard InChI is InChI=1S/C15H19NO3/c1-2-11(9-17)15(18)16-8-7-12-10-19-14-6-4-3-5-13(12)14/h3-6,10-11,17H,2,7-9H2,1H3,(H,16,18). The molecule has 2 aromatic rings. The van der Waals surface area contributed by atoms with Crippen molar-refractivity contribution in [1.29, 1.82) is 0 Å². The largest absolute Gasteiger partial charge is 0.464 e. The van der Waals surface area contributed by atoms with Gasteiger partial charge in [0.05, 0.1) is 18.8 Å². The van der Waals surface area contributed by atoms with Gasteiger partial charge in [-0.25, -0.2) is 0 Å². The monoisotopic (exact) mass is 261 g/mol. The van der Waals surface area contributed by atoms with Gasteiger partial charge in [0, 0.05) is 11.9 Å². The van der Waals surface area contributed by atoms with Gasteiger partial charge in [0.1, 0.15) is 5.58 Å². The molecule has 1 amide bonds. The minimum atomic E-state index is -0.305. The summed E-state index contributed by atoms with van der Waals surface area (Å²) in [4.78, 5) is 11.7. The number of hydrogen-bond donors (Lipinski definition) is 2. The Labute approximate surface area is 112 Å². The van der Waals surface area contributed by atoms with Crippen molar-refractivity contribution in [2.45, 2.75) is 19.8 Å². The third-order valence-corrected chi connectivity index (χ3v) is 3.34. The van der Waals surface area contributed by atoms with Crippen LogP contribution in [-0.4, -0.2) is 24.2 Å². The van der Waals surface area contributed by atoms with Crippen molar-refractivity contribution in [2.24, 2.45) is 5.92 Å². The Bertz CT molecular complexity index is 543. The average Bonchev–Trinajstić information content (AvgIpc) is 2.84. The molecule has 19 heavy (non-hydrogen) atoms. The second kappa shape index (κ2) is 6.38. The Kier molecular flexibility index (Phi) is 4.58. The molecule has 1 aromatic heterocycles. The van der Waals surface area contributed by atoms with E-state index in [2.05, 4.69) is 5.32 Å². The van der Waals surface area contributed by atoms with Gasteiger partial charge in [-0.3, -0.25) is 4.79 Å². The summed E-state index contributed by atoms with van der Waals surface area (Å²) in [5, 5.41) is 13.0. The Morgan fingerprint density at radius 3 is 2.95 bits per heavy atom. The van der Waals surface area contributed by atoms with Gasteiger partial charge in [-0.2, -0.15) is 0 Å². The van der Waals surface area contributed by atoms with E-state index >= 15 is 0 Å². The number of nitrogens with one attached hydrogen (secondary N) is 1. The Morgan fingerprint density at radius 1 is 1.42 bits per heavy atom. The van der Waals surface area contributed by atoms with Crippen molar-refractivity contribution in [3.05, 3.63) is 36.1 Å². The van der Waals surface area contributed by atoms with Crippen LogP contribution in [0.3, 0.4) is 0 Å². The van der Waals surface area contributed by atoms with Gasteiger partial charge in [-0.15, -0.1) is 0 Å². The number of carbonyl (C=O) groups excluding carboxylic acids is 1. The molecule has 2 N–H and O–H groups in total. The summed E-state index contributed by atoms with van der Waals surface area (Å²) in [5.41, 5.74) is 1.96. The lowest BCUT2D eigenvalue weighted by Gasteiger charge is -2.11. The molecule has 0 aliphatic heterocycles. The molecule has 0 bridgehead atoms. The zero-order valence-corrected chi connectivity index (χ0v) is 11.1. The van der Waals surface area contributed by atoms with E-state index < -0.39 is 0 Å². The van der Waals surface area contributed by atoms with E-state index in [0.29, 0.717) is 13.0 Å². The van der Waals surface area contributed by atoms with E-state index in [-0.39, 0.29) is 18.4 Å². The van der Waals surface area contributed by atoms with E-state index in [0.717, 1.165) is 23.0 Å². The summed E-state index contributed by atoms with van der Waals surface area (Å²) in [5.74, 6) is -0.390. The lowest BCUT2D eigenvalue weighted by atomic mass is 10.1. The van der Waals surface area contributed by atoms with E-state index in [9.17, 15) is 4.79 Å². The molecule has 0 aliphatic carbocycles. The van der Waals surface area contributed by atoms with Gasteiger partial charge in [0.25, 0.3) is 0 Å². The maximum Gasteiger partial charge on any atom is 0.225 e. The van der Waals surface area contributed by atoms with Crippen molar-refractivity contribution < 1.29 is 14.3 Å². The summed E-state index contributed by atoms with van der Waals surface area (Å²) < 4.78 is 5.44. The van der Waals surface area contributed by atoms with Gasteiger partial charge in [-0.1, -0.05) is 25.1 Å². The molecular formula is C15H19NO3. The Morgan fingerprint density at radius 2 is 2.21 bits per heavy atom. The van der Waals surface area contributed by atoms with Crippen LogP contribution in [0.15, 0.2) is 34.9 Å². The lowest BCUT2D eigenvalue weighted by molar-refractivity contribution is -0.126. The first-order chi connectivity index (χ1) is 9.26. The Hall–Kier alpha value is -1.81. The number of carbonyl (C=O) groups is 1. The highest BCUT2D eigenvalue weighted by atomic mass is 16.3. The number of benzene rings is 1. The number of para-hydroxylation sites is 1. The quantitative estimate of drug-likeness (QED) is 0.837. The zero-order chi connectivity index (χ0) is 13.7. The van der Waals surface area contributed by atoms with Gasteiger partial charge >= 0.3 is 0 Å². The SMILES string of the molecule is CCC(CO)C(=O)NCCc1coc2ccccc12. The lowest BCUT2D eigenvalue weighted by Crippen LogP contribution is -2.33. The van der Waals surface area contributed by atoms with Crippen LogP contribution in [-0.2, 0) is 11.2 Å². The molecule has 102 valence electrons. The molecule has 0 saturated heterocycles. The molecular weight excluding hydrogens is 242 g/mol. The molecule has 1 unspecified atom stereocenters. The highest BCUT2D eigenvalue weighted by molar-refractivity contribution is 5.81. The molecule has 4 nitrogen and oxygen atoms in total. The topological polar surface area (TPSA) is 62.5 Å². The molecule has 4 heteroatoms. The number of amides is 1. The van der Waals surface area contributed by atoms with Crippen molar-refractivity contribution >= 4 is 16.9 Å². The fraction of sp³-hybridized carbons (Fsp3) is 0.400. The molecule has 0 radical (unpaired) electrons. The maximum absolute atomic E-state index is 11.7. The van der Waals surface area contributed by atoms with Gasteiger partial charge in [-0.05, 0) is 24.5 Å². The van der Waals surface area contributed by atoms with Crippen molar-refractivity contribution in [1.82, 2.24) is 5.32 Å². The van der Waals surface area contributed by atoms with Crippen LogP contribution in [0.2, 0.25) is 0 Å². The molecule has 1 atom stereocenters. The summed E-state index contributed by atoms with van der Waals surface area (Å²) in [6.45, 7) is 2.35. The van der Waals surface area contributed by atoms with E-state index in [1.54, 1.807) is 6.26 Å². The van der Waals surface area contributed by atoms with Crippen LogP contribution in [0.25, 0.3) is 11.0 Å². The Balaban J connectivity index is 1.91. The van der Waals surface area contributed by atoms with Crippen LogP contribution in [0.1, 0.15) is 18.9 Å². The van der Waals surface area contributed by atoms with E-state index in [1.165, 1.54) is 0 Å². The number of fused-ring (bicyclic) bond motifs is 1. The smallest absolute Gasteiger partial charge is 0.225 e. The molecule has 2 rings (SSSR count). The first kappa shape index (κ1) is 13.6. The molecule has 0 fully saturated rings. The van der Waals surface area contributed by atoms with Crippen molar-refractivity contribution in [2.75, 3.05) is 13.2 Å². The first-order valence-corrected chi connectivity index (χ1v) is 6.60. The molecule has 0 aliphatic rings. The number of aliphatic hydroxyl groups excluding tert-OH is 1. The van der Waals surface area contributed by atoms with Crippen molar-refractivity contribution in [3.8, 4) is 0 Å². The number of rotatable bonds is 6. The summed E-state index contributed by atoms with van der Waals surface area (Å²) in [6.07, 6.45) is 3.11.